The second-order valence-electron chi connectivity index (χ2n) is 3.12. The minimum Gasteiger partial charge on any atom is -0.389 e. The Bertz CT molecular complexity index is 608. The average Bonchev–Trinajstić information content (AvgIpc) is 2.26. The minimum absolute atomic E-state index is 0.00326. The first-order chi connectivity index (χ1) is 8.36. The number of nitro benzene ring substituents is 1. The Hall–Kier alpha value is -1.68. The summed E-state index contributed by atoms with van der Waals surface area (Å²) in [6.07, 6.45) is 1.27. The smallest absolute Gasteiger partial charge is 0.288 e. The summed E-state index contributed by atoms with van der Waals surface area (Å²) in [6.45, 7) is 0. The highest BCUT2D eigenvalue weighted by Gasteiger charge is 2.15. The Kier molecular flexibility index (Phi) is 4.62. The molecule has 2 N–H and O–H groups in total. The molecule has 1 aromatic rings. The Morgan fingerprint density at radius 1 is 1.50 bits per heavy atom. The van der Waals surface area contributed by atoms with Crippen LogP contribution in [-0.4, -0.2) is 9.91 Å². The summed E-state index contributed by atoms with van der Waals surface area (Å²) in [5, 5.41) is 19.6. The molecule has 0 spiro atoms. The first-order valence-corrected chi connectivity index (χ1v) is 5.58. The molecule has 0 fully saturated rings. The van der Waals surface area contributed by atoms with Gasteiger partial charge in [-0.25, -0.2) is 0 Å². The van der Waals surface area contributed by atoms with E-state index in [0.29, 0.717) is 0 Å². The van der Waals surface area contributed by atoms with Crippen molar-refractivity contribution in [3.8, 4) is 6.07 Å². The zero-order chi connectivity index (χ0) is 13.9. The highest BCUT2D eigenvalue weighted by molar-refractivity contribution is 7.80. The maximum atomic E-state index is 10.7. The molecule has 92 valence electrons. The molecule has 0 bridgehead atoms. The Morgan fingerprint density at radius 3 is 2.56 bits per heavy atom. The monoisotopic (exact) mass is 301 g/mol. The Labute approximate surface area is 118 Å². The van der Waals surface area contributed by atoms with E-state index in [2.05, 4.69) is 12.2 Å². The predicted octanol–water partition coefficient (Wildman–Crippen LogP) is 3.09. The van der Waals surface area contributed by atoms with E-state index in [1.54, 1.807) is 6.07 Å². The van der Waals surface area contributed by atoms with Gasteiger partial charge >= 0.3 is 0 Å². The van der Waals surface area contributed by atoms with Gasteiger partial charge < -0.3 is 5.73 Å². The molecule has 0 radical (unpaired) electrons. The summed E-state index contributed by atoms with van der Waals surface area (Å²) in [5.41, 5.74) is 5.25. The summed E-state index contributed by atoms with van der Waals surface area (Å²) in [7, 11) is 0. The number of nitrogens with two attached hydrogens (primary N) is 1. The number of benzene rings is 1. The van der Waals surface area contributed by atoms with Crippen molar-refractivity contribution in [3.63, 3.8) is 0 Å². The summed E-state index contributed by atoms with van der Waals surface area (Å²) < 4.78 is 0. The molecular weight excluding hydrogens is 297 g/mol. The molecule has 8 heteroatoms. The lowest BCUT2D eigenvalue weighted by molar-refractivity contribution is -0.384. The van der Waals surface area contributed by atoms with Gasteiger partial charge in [-0.15, -0.1) is 0 Å². The molecule has 0 amide bonds. The first kappa shape index (κ1) is 14.4. The third-order valence-electron chi connectivity index (χ3n) is 1.95. The highest BCUT2D eigenvalue weighted by atomic mass is 35.5. The van der Waals surface area contributed by atoms with Gasteiger partial charge in [0.2, 0.25) is 0 Å². The Balaban J connectivity index is 3.43. The van der Waals surface area contributed by atoms with Crippen molar-refractivity contribution in [1.82, 2.24) is 0 Å². The van der Waals surface area contributed by atoms with E-state index < -0.39 is 4.92 Å². The van der Waals surface area contributed by atoms with Crippen molar-refractivity contribution in [2.75, 3.05) is 0 Å². The maximum absolute atomic E-state index is 10.7. The lowest BCUT2D eigenvalue weighted by Gasteiger charge is -2.02. The van der Waals surface area contributed by atoms with Crippen molar-refractivity contribution in [2.45, 2.75) is 0 Å². The lowest BCUT2D eigenvalue weighted by atomic mass is 10.1. The van der Waals surface area contributed by atoms with Crippen LogP contribution in [0, 0.1) is 21.4 Å². The van der Waals surface area contributed by atoms with Crippen LogP contribution in [-0.2, 0) is 0 Å². The fraction of sp³-hybridized carbons (Fsp3) is 0. The van der Waals surface area contributed by atoms with Crippen molar-refractivity contribution < 1.29 is 4.92 Å². The Morgan fingerprint density at radius 2 is 2.11 bits per heavy atom. The van der Waals surface area contributed by atoms with Gasteiger partial charge in [-0.1, -0.05) is 35.4 Å². The van der Waals surface area contributed by atoms with E-state index >= 15 is 0 Å². The number of rotatable bonds is 3. The molecule has 0 unspecified atom stereocenters. The molecule has 5 nitrogen and oxygen atoms in total. The summed E-state index contributed by atoms with van der Waals surface area (Å²) in [4.78, 5) is 9.95. The summed E-state index contributed by atoms with van der Waals surface area (Å²) >= 11 is 16.2. The molecule has 1 rings (SSSR count). The SMILES string of the molecule is N#C/C(=C/c1cc([N+](=O)[O-])c(Cl)cc1Cl)C(N)=S. The number of hydrogen-bond acceptors (Lipinski definition) is 4. The molecule has 0 aliphatic carbocycles. The van der Waals surface area contributed by atoms with Gasteiger partial charge in [0, 0.05) is 16.7 Å². The quantitative estimate of drug-likeness (QED) is 0.304. The van der Waals surface area contributed by atoms with Crippen molar-refractivity contribution in [1.29, 1.82) is 5.26 Å². The van der Waals surface area contributed by atoms with Crippen LogP contribution in [0.4, 0.5) is 5.69 Å². The highest BCUT2D eigenvalue weighted by Crippen LogP contribution is 2.31. The molecule has 0 saturated carbocycles. The van der Waals surface area contributed by atoms with E-state index in [1.807, 2.05) is 0 Å². The van der Waals surface area contributed by atoms with Crippen molar-refractivity contribution >= 4 is 52.2 Å². The fourth-order valence-electron chi connectivity index (χ4n) is 1.12. The molecule has 0 aliphatic rings. The van der Waals surface area contributed by atoms with Crippen molar-refractivity contribution in [3.05, 3.63) is 43.4 Å². The minimum atomic E-state index is -0.650. The van der Waals surface area contributed by atoms with E-state index in [1.165, 1.54) is 12.1 Å². The lowest BCUT2D eigenvalue weighted by Crippen LogP contribution is -2.09. The van der Waals surface area contributed by atoms with Gasteiger partial charge in [0.05, 0.1) is 10.5 Å². The van der Waals surface area contributed by atoms with Crippen LogP contribution < -0.4 is 5.73 Å². The fourth-order valence-corrected chi connectivity index (χ4v) is 1.73. The largest absolute Gasteiger partial charge is 0.389 e. The topological polar surface area (TPSA) is 92.9 Å². The number of hydrogen-bond donors (Lipinski definition) is 1. The van der Waals surface area contributed by atoms with Gasteiger partial charge in [0.1, 0.15) is 16.1 Å². The summed E-state index contributed by atoms with van der Waals surface area (Å²) in [5.74, 6) is 0. The van der Waals surface area contributed by atoms with Crippen molar-refractivity contribution in [2.24, 2.45) is 5.73 Å². The second-order valence-corrected chi connectivity index (χ2v) is 4.37. The van der Waals surface area contributed by atoms with Gasteiger partial charge in [-0.2, -0.15) is 5.26 Å². The van der Waals surface area contributed by atoms with Gasteiger partial charge in [0.15, 0.2) is 0 Å². The van der Waals surface area contributed by atoms with E-state index in [9.17, 15) is 10.1 Å². The normalized spacial score (nSPS) is 10.8. The zero-order valence-electron chi connectivity index (χ0n) is 8.68. The van der Waals surface area contributed by atoms with Gasteiger partial charge in [-0.05, 0) is 12.1 Å². The first-order valence-electron chi connectivity index (χ1n) is 4.42. The number of nitrogens with zero attached hydrogens (tertiary/aromatic N) is 2. The second kappa shape index (κ2) is 5.78. The van der Waals surface area contributed by atoms with Crippen LogP contribution in [0.1, 0.15) is 5.56 Å². The molecule has 0 atom stereocenters. The molecule has 18 heavy (non-hydrogen) atoms. The zero-order valence-corrected chi connectivity index (χ0v) is 11.0. The molecule has 0 heterocycles. The van der Waals surface area contributed by atoms with Crippen LogP contribution in [0.25, 0.3) is 6.08 Å². The molecule has 0 aliphatic heterocycles. The molecule has 1 aromatic carbocycles. The van der Waals surface area contributed by atoms with E-state index in [0.717, 1.165) is 6.07 Å². The van der Waals surface area contributed by atoms with Gasteiger partial charge in [-0.3, -0.25) is 10.1 Å². The number of nitriles is 1. The van der Waals surface area contributed by atoms with Crippen LogP contribution >= 0.6 is 35.4 Å². The third-order valence-corrected chi connectivity index (χ3v) is 2.80. The number of nitro groups is 1. The van der Waals surface area contributed by atoms with Crippen LogP contribution in [0.3, 0.4) is 0 Å². The summed E-state index contributed by atoms with van der Waals surface area (Å²) in [6, 6.07) is 4.15. The van der Waals surface area contributed by atoms with Gasteiger partial charge in [0.25, 0.3) is 5.69 Å². The van der Waals surface area contributed by atoms with E-state index in [-0.39, 0.29) is 31.9 Å². The third kappa shape index (κ3) is 3.17. The molecule has 0 aromatic heterocycles. The maximum Gasteiger partial charge on any atom is 0.288 e. The molecular formula is C10H5Cl2N3O2S. The standard InChI is InChI=1S/C10H5Cl2N3O2S/c11-7-3-8(12)9(15(16)17)2-5(7)1-6(4-13)10(14)18/h1-3H,(H2,14,18)/b6-1-. The van der Waals surface area contributed by atoms with Crippen LogP contribution in [0.5, 0.6) is 0 Å². The molecule has 0 saturated heterocycles. The number of thiocarbonyl (C=S) groups is 1. The van der Waals surface area contributed by atoms with Crippen LogP contribution in [0.15, 0.2) is 17.7 Å². The average molecular weight is 302 g/mol. The van der Waals surface area contributed by atoms with Crippen LogP contribution in [0.2, 0.25) is 10.0 Å². The van der Waals surface area contributed by atoms with E-state index in [4.69, 9.17) is 34.2 Å². The predicted molar refractivity (Wildman–Crippen MR) is 73.5 cm³/mol. The number of halogens is 2.